The standard InChI is InChI=1S/C28H25N7O4/c1-37-22-11-19(12-23(38-2)25(22)39-3)24-27(35-26(34-24)20(13-29)16-32-35)33-21-8-4-6-17(10-21)14-31-28(36)18-7-5-9-30-15-18/h4-12,15-16,33-34H,14H2,1-3H3,(H,31,36). The van der Waals surface area contributed by atoms with Crippen molar-refractivity contribution >= 4 is 23.1 Å². The predicted molar refractivity (Wildman–Crippen MR) is 144 cm³/mol. The Labute approximate surface area is 224 Å². The third-order valence-corrected chi connectivity index (χ3v) is 6.10. The lowest BCUT2D eigenvalue weighted by molar-refractivity contribution is 0.0950. The van der Waals surface area contributed by atoms with E-state index >= 15 is 0 Å². The molecule has 0 unspecified atom stereocenters. The van der Waals surface area contributed by atoms with Crippen molar-refractivity contribution < 1.29 is 19.0 Å². The summed E-state index contributed by atoms with van der Waals surface area (Å²) in [5, 5.41) is 20.3. The van der Waals surface area contributed by atoms with E-state index in [0.29, 0.717) is 52.1 Å². The second-order valence-electron chi connectivity index (χ2n) is 8.44. The van der Waals surface area contributed by atoms with Gasteiger partial charge >= 0.3 is 0 Å². The number of pyridine rings is 1. The lowest BCUT2D eigenvalue weighted by atomic mass is 10.1. The van der Waals surface area contributed by atoms with Gasteiger partial charge in [-0.05, 0) is 42.0 Å². The molecule has 0 saturated heterocycles. The fourth-order valence-corrected chi connectivity index (χ4v) is 4.23. The molecule has 5 rings (SSSR count). The van der Waals surface area contributed by atoms with E-state index in [0.717, 1.165) is 16.8 Å². The summed E-state index contributed by atoms with van der Waals surface area (Å²) in [5.41, 5.74) is 4.43. The van der Waals surface area contributed by atoms with Gasteiger partial charge in [-0.15, -0.1) is 0 Å². The van der Waals surface area contributed by atoms with Gasteiger partial charge in [0.05, 0.1) is 38.8 Å². The highest BCUT2D eigenvalue weighted by Crippen LogP contribution is 2.43. The Morgan fingerprint density at radius 1 is 1.05 bits per heavy atom. The van der Waals surface area contributed by atoms with Gasteiger partial charge in [-0.3, -0.25) is 9.78 Å². The number of methoxy groups -OCH3 is 3. The molecule has 0 radical (unpaired) electrons. The Morgan fingerprint density at radius 2 is 1.85 bits per heavy atom. The molecule has 11 nitrogen and oxygen atoms in total. The lowest BCUT2D eigenvalue weighted by Crippen LogP contribution is -2.22. The van der Waals surface area contributed by atoms with Crippen molar-refractivity contribution in [2.75, 3.05) is 26.6 Å². The van der Waals surface area contributed by atoms with E-state index in [9.17, 15) is 10.1 Å². The van der Waals surface area contributed by atoms with Crippen molar-refractivity contribution in [2.24, 2.45) is 0 Å². The van der Waals surface area contributed by atoms with Gasteiger partial charge in [0.1, 0.15) is 11.6 Å². The largest absolute Gasteiger partial charge is 0.493 e. The Kier molecular flexibility index (Phi) is 7.00. The van der Waals surface area contributed by atoms with Gasteiger partial charge < -0.3 is 29.8 Å². The lowest BCUT2D eigenvalue weighted by Gasteiger charge is -2.15. The van der Waals surface area contributed by atoms with Crippen molar-refractivity contribution in [3.8, 4) is 34.6 Å². The molecule has 11 heteroatoms. The van der Waals surface area contributed by atoms with Crippen molar-refractivity contribution in [2.45, 2.75) is 6.54 Å². The zero-order valence-corrected chi connectivity index (χ0v) is 21.5. The van der Waals surface area contributed by atoms with Crippen LogP contribution in [0.3, 0.4) is 0 Å². The normalized spacial score (nSPS) is 10.6. The molecular weight excluding hydrogens is 498 g/mol. The summed E-state index contributed by atoms with van der Waals surface area (Å²) in [5.74, 6) is 1.82. The number of carbonyl (C=O) groups is 1. The average molecular weight is 524 g/mol. The quantitative estimate of drug-likeness (QED) is 0.260. The Bertz CT molecular complexity index is 1660. The molecule has 0 atom stereocenters. The fraction of sp³-hybridized carbons (Fsp3) is 0.143. The summed E-state index contributed by atoms with van der Waals surface area (Å²) in [6.07, 6.45) is 4.64. The highest BCUT2D eigenvalue weighted by atomic mass is 16.5. The first-order valence-corrected chi connectivity index (χ1v) is 11.9. The zero-order chi connectivity index (χ0) is 27.4. The topological polar surface area (TPSA) is 139 Å². The second kappa shape index (κ2) is 10.9. The van der Waals surface area contributed by atoms with Crippen molar-refractivity contribution in [3.05, 3.63) is 83.8 Å². The van der Waals surface area contributed by atoms with Crippen LogP contribution < -0.4 is 24.8 Å². The van der Waals surface area contributed by atoms with Crippen molar-refractivity contribution in [1.82, 2.24) is 24.9 Å². The minimum Gasteiger partial charge on any atom is -0.493 e. The number of hydrogen-bond acceptors (Lipinski definition) is 8. The van der Waals surface area contributed by atoms with E-state index in [4.69, 9.17) is 14.2 Å². The number of anilines is 2. The number of aromatic amines is 1. The molecule has 0 aliphatic rings. The summed E-state index contributed by atoms with van der Waals surface area (Å²) >= 11 is 0. The van der Waals surface area contributed by atoms with Gasteiger partial charge in [-0.2, -0.15) is 14.9 Å². The third-order valence-electron chi connectivity index (χ3n) is 6.10. The van der Waals surface area contributed by atoms with E-state index in [2.05, 4.69) is 31.8 Å². The number of imidazole rings is 1. The van der Waals surface area contributed by atoms with Crippen LogP contribution in [0.2, 0.25) is 0 Å². The molecule has 3 aromatic heterocycles. The molecule has 1 amide bonds. The van der Waals surface area contributed by atoms with Gasteiger partial charge in [0.15, 0.2) is 23.0 Å². The molecule has 3 heterocycles. The zero-order valence-electron chi connectivity index (χ0n) is 21.5. The number of benzene rings is 2. The van der Waals surface area contributed by atoms with Gasteiger partial charge in [-0.1, -0.05) is 12.1 Å². The Hall–Kier alpha value is -5.50. The van der Waals surface area contributed by atoms with Crippen LogP contribution in [0.4, 0.5) is 11.5 Å². The van der Waals surface area contributed by atoms with E-state index in [1.807, 2.05) is 36.4 Å². The molecule has 0 aliphatic carbocycles. The molecule has 2 aromatic carbocycles. The second-order valence-corrected chi connectivity index (χ2v) is 8.44. The maximum Gasteiger partial charge on any atom is 0.253 e. The number of aromatic nitrogens is 4. The number of H-pyrrole nitrogens is 1. The summed E-state index contributed by atoms with van der Waals surface area (Å²) in [7, 11) is 4.64. The number of amides is 1. The number of ether oxygens (including phenoxy) is 3. The van der Waals surface area contributed by atoms with Crippen LogP contribution in [0.1, 0.15) is 21.5 Å². The number of hydrogen-bond donors (Lipinski definition) is 3. The molecule has 5 aromatic rings. The maximum atomic E-state index is 12.5. The number of carbonyl (C=O) groups excluding carboxylic acids is 1. The fourth-order valence-electron chi connectivity index (χ4n) is 4.23. The Balaban J connectivity index is 1.50. The Morgan fingerprint density at radius 3 is 2.51 bits per heavy atom. The predicted octanol–water partition coefficient (Wildman–Crippen LogP) is 4.30. The smallest absolute Gasteiger partial charge is 0.253 e. The number of nitrogens with one attached hydrogen (secondary N) is 3. The van der Waals surface area contributed by atoms with Crippen LogP contribution in [0.15, 0.2) is 67.1 Å². The number of nitrogens with zero attached hydrogens (tertiary/aromatic N) is 4. The van der Waals surface area contributed by atoms with Crippen LogP contribution in [0.25, 0.3) is 16.9 Å². The highest BCUT2D eigenvalue weighted by Gasteiger charge is 2.21. The average Bonchev–Trinajstić information content (AvgIpc) is 3.55. The summed E-state index contributed by atoms with van der Waals surface area (Å²) in [6, 6.07) is 16.9. The molecule has 0 fully saturated rings. The van der Waals surface area contributed by atoms with Gasteiger partial charge in [0.25, 0.3) is 5.91 Å². The summed E-state index contributed by atoms with van der Waals surface area (Å²) in [6.45, 7) is 0.325. The number of rotatable bonds is 9. The van der Waals surface area contributed by atoms with E-state index < -0.39 is 0 Å². The monoisotopic (exact) mass is 523 g/mol. The van der Waals surface area contributed by atoms with Crippen molar-refractivity contribution in [1.29, 1.82) is 5.26 Å². The molecule has 3 N–H and O–H groups in total. The summed E-state index contributed by atoms with van der Waals surface area (Å²) in [4.78, 5) is 19.8. The molecule has 0 bridgehead atoms. The molecule has 196 valence electrons. The molecular formula is C28H25N7O4. The third kappa shape index (κ3) is 4.91. The minimum atomic E-state index is -0.209. The van der Waals surface area contributed by atoms with Gasteiger partial charge in [0.2, 0.25) is 5.75 Å². The van der Waals surface area contributed by atoms with Crippen molar-refractivity contribution in [3.63, 3.8) is 0 Å². The SMILES string of the molecule is COc1cc(-c2[nH]c3c(C#N)cnn3c2Nc2cccc(CNC(=O)c3cccnc3)c2)cc(OC)c1OC. The number of fused-ring (bicyclic) bond motifs is 1. The van der Waals surface area contributed by atoms with Gasteiger partial charge in [-0.25, -0.2) is 0 Å². The van der Waals surface area contributed by atoms with Crippen LogP contribution in [-0.4, -0.2) is 46.8 Å². The molecule has 0 saturated carbocycles. The van der Waals surface area contributed by atoms with Crippen LogP contribution in [0, 0.1) is 11.3 Å². The first-order chi connectivity index (χ1) is 19.1. The minimum absolute atomic E-state index is 0.209. The van der Waals surface area contributed by atoms with Crippen LogP contribution in [-0.2, 0) is 6.54 Å². The van der Waals surface area contributed by atoms with Gasteiger partial charge in [0, 0.05) is 30.2 Å². The highest BCUT2D eigenvalue weighted by molar-refractivity contribution is 5.93. The first kappa shape index (κ1) is 25.2. The van der Waals surface area contributed by atoms with E-state index in [1.165, 1.54) is 12.4 Å². The molecule has 39 heavy (non-hydrogen) atoms. The maximum absolute atomic E-state index is 12.5. The van der Waals surface area contributed by atoms with Crippen LogP contribution >= 0.6 is 0 Å². The van der Waals surface area contributed by atoms with E-state index in [-0.39, 0.29) is 5.91 Å². The molecule has 0 spiro atoms. The first-order valence-electron chi connectivity index (χ1n) is 11.9. The number of nitriles is 1. The van der Waals surface area contributed by atoms with E-state index in [1.54, 1.807) is 44.2 Å². The van der Waals surface area contributed by atoms with Crippen LogP contribution in [0.5, 0.6) is 17.2 Å². The summed E-state index contributed by atoms with van der Waals surface area (Å²) < 4.78 is 18.2. The molecule has 0 aliphatic heterocycles.